The molecule has 176 valence electrons. The molecule has 0 saturated carbocycles. The number of para-hydroxylation sites is 1. The van der Waals surface area contributed by atoms with Crippen LogP contribution in [-0.4, -0.2) is 48.5 Å². The van der Waals surface area contributed by atoms with Gasteiger partial charge in [0.15, 0.2) is 18.1 Å². The first-order valence-corrected chi connectivity index (χ1v) is 11.4. The Balaban J connectivity index is 1.57. The average molecular weight is 481 g/mol. The summed E-state index contributed by atoms with van der Waals surface area (Å²) in [4.78, 5) is 26.6. The van der Waals surface area contributed by atoms with E-state index in [-0.39, 0.29) is 11.3 Å². The maximum atomic E-state index is 13.1. The molecule has 0 aliphatic carbocycles. The predicted molar refractivity (Wildman–Crippen MR) is 128 cm³/mol. The zero-order valence-corrected chi connectivity index (χ0v) is 19.8. The van der Waals surface area contributed by atoms with Crippen molar-refractivity contribution in [2.45, 2.75) is 19.4 Å². The van der Waals surface area contributed by atoms with Gasteiger partial charge in [-0.25, -0.2) is 9.80 Å². The summed E-state index contributed by atoms with van der Waals surface area (Å²) >= 11 is 1.54. The number of nitrogens with zero attached hydrogens (tertiary/aromatic N) is 2. The van der Waals surface area contributed by atoms with E-state index in [0.29, 0.717) is 23.5 Å². The lowest BCUT2D eigenvalue weighted by molar-refractivity contribution is -0.136. The van der Waals surface area contributed by atoms with Gasteiger partial charge < -0.3 is 19.3 Å². The van der Waals surface area contributed by atoms with E-state index in [2.05, 4.69) is 5.10 Å². The zero-order chi connectivity index (χ0) is 24.2. The molecule has 2 aromatic carbocycles. The van der Waals surface area contributed by atoms with Gasteiger partial charge in [0.1, 0.15) is 11.3 Å². The lowest BCUT2D eigenvalue weighted by Gasteiger charge is -2.23. The van der Waals surface area contributed by atoms with Gasteiger partial charge in [-0.3, -0.25) is 4.79 Å². The number of carbonyl (C=O) groups excluding carboxylic acids is 2. The third-order valence-electron chi connectivity index (χ3n) is 5.55. The van der Waals surface area contributed by atoms with Gasteiger partial charge in [-0.05, 0) is 47.7 Å². The number of phenolic OH excluding ortho intramolecular Hbond substituents is 1. The molecule has 1 amide bonds. The molecule has 1 aromatic heterocycles. The van der Waals surface area contributed by atoms with Crippen molar-refractivity contribution in [3.63, 3.8) is 0 Å². The maximum Gasteiger partial charge on any atom is 0.342 e. The van der Waals surface area contributed by atoms with Crippen LogP contribution in [0.5, 0.6) is 17.2 Å². The fourth-order valence-corrected chi connectivity index (χ4v) is 4.47. The number of hydrazone groups is 1. The van der Waals surface area contributed by atoms with Gasteiger partial charge >= 0.3 is 5.97 Å². The van der Waals surface area contributed by atoms with E-state index in [1.807, 2.05) is 29.6 Å². The Labute approximate surface area is 201 Å². The first-order valence-electron chi connectivity index (χ1n) is 10.5. The van der Waals surface area contributed by atoms with Gasteiger partial charge in [0.2, 0.25) is 0 Å². The molecule has 0 spiro atoms. The topological polar surface area (TPSA) is 97.7 Å². The highest BCUT2D eigenvalue weighted by Crippen LogP contribution is 2.38. The summed E-state index contributed by atoms with van der Waals surface area (Å²) in [5, 5.41) is 18.0. The molecule has 1 aliphatic heterocycles. The normalized spacial score (nSPS) is 15.1. The smallest absolute Gasteiger partial charge is 0.342 e. The molecular weight excluding hydrogens is 456 g/mol. The molecule has 0 bridgehead atoms. The van der Waals surface area contributed by atoms with Crippen LogP contribution in [0.4, 0.5) is 0 Å². The van der Waals surface area contributed by atoms with Crippen LogP contribution in [0, 0.1) is 6.92 Å². The maximum absolute atomic E-state index is 13.1. The number of carbonyl (C=O) groups is 2. The molecule has 0 saturated heterocycles. The summed E-state index contributed by atoms with van der Waals surface area (Å²) in [6.45, 7) is 1.16. The van der Waals surface area contributed by atoms with Crippen LogP contribution in [0.15, 0.2) is 59.0 Å². The van der Waals surface area contributed by atoms with Crippen LogP contribution in [-0.2, 0) is 9.53 Å². The van der Waals surface area contributed by atoms with Gasteiger partial charge in [0.05, 0.1) is 30.9 Å². The Hall–Kier alpha value is -3.85. The number of hydrogen-bond donors (Lipinski definition) is 1. The van der Waals surface area contributed by atoms with Crippen molar-refractivity contribution in [3.05, 3.63) is 75.5 Å². The zero-order valence-electron chi connectivity index (χ0n) is 19.0. The van der Waals surface area contributed by atoms with Crippen LogP contribution in [0.1, 0.15) is 38.8 Å². The number of aryl methyl sites for hydroxylation is 1. The summed E-state index contributed by atoms with van der Waals surface area (Å²) in [7, 11) is 3.11. The van der Waals surface area contributed by atoms with Crippen molar-refractivity contribution in [3.8, 4) is 17.2 Å². The average Bonchev–Trinajstić information content (AvgIpc) is 3.54. The molecule has 0 radical (unpaired) electrons. The van der Waals surface area contributed by atoms with Crippen molar-refractivity contribution in [2.24, 2.45) is 5.10 Å². The molecule has 1 atom stereocenters. The number of thiophene rings is 1. The Morgan fingerprint density at radius 3 is 2.62 bits per heavy atom. The van der Waals surface area contributed by atoms with Crippen LogP contribution in [0.3, 0.4) is 0 Å². The lowest BCUT2D eigenvalue weighted by atomic mass is 10.0. The van der Waals surface area contributed by atoms with Crippen molar-refractivity contribution in [1.82, 2.24) is 5.01 Å². The summed E-state index contributed by atoms with van der Waals surface area (Å²) in [5.41, 5.74) is 2.13. The second kappa shape index (κ2) is 9.96. The molecule has 8 nitrogen and oxygen atoms in total. The van der Waals surface area contributed by atoms with E-state index >= 15 is 0 Å². The molecule has 34 heavy (non-hydrogen) atoms. The second-order valence-corrected chi connectivity index (χ2v) is 8.59. The van der Waals surface area contributed by atoms with Gasteiger partial charge in [-0.2, -0.15) is 5.10 Å². The van der Waals surface area contributed by atoms with Crippen molar-refractivity contribution in [1.29, 1.82) is 0 Å². The minimum atomic E-state index is -0.779. The number of aromatic hydroxyl groups is 1. The number of benzene rings is 2. The summed E-state index contributed by atoms with van der Waals surface area (Å²) in [5.74, 6) is -0.306. The minimum absolute atomic E-state index is 0.00781. The largest absolute Gasteiger partial charge is 0.507 e. The fourth-order valence-electron chi connectivity index (χ4n) is 3.75. The number of amides is 1. The Morgan fingerprint density at radius 1 is 1.12 bits per heavy atom. The SMILES string of the molecule is COc1ccc([C@@H]2CC(c3cccs3)=NN2C(=O)COC(=O)c2cccc(C)c2O)cc1OC. The molecule has 4 rings (SSSR count). The number of esters is 1. The quantitative estimate of drug-likeness (QED) is 0.506. The summed E-state index contributed by atoms with van der Waals surface area (Å²) in [6.07, 6.45) is 0.494. The second-order valence-electron chi connectivity index (χ2n) is 7.64. The minimum Gasteiger partial charge on any atom is -0.507 e. The highest BCUT2D eigenvalue weighted by atomic mass is 32.1. The van der Waals surface area contributed by atoms with Crippen LogP contribution in [0.2, 0.25) is 0 Å². The van der Waals surface area contributed by atoms with Crippen LogP contribution < -0.4 is 9.47 Å². The first kappa shape index (κ1) is 23.3. The molecule has 0 unspecified atom stereocenters. The Bertz CT molecular complexity index is 1240. The molecule has 1 N–H and O–H groups in total. The monoisotopic (exact) mass is 480 g/mol. The number of methoxy groups -OCH3 is 2. The van der Waals surface area contributed by atoms with Gasteiger partial charge in [0.25, 0.3) is 5.91 Å². The number of ether oxygens (including phenoxy) is 3. The first-order chi connectivity index (χ1) is 16.4. The van der Waals surface area contributed by atoms with Gasteiger partial charge in [0, 0.05) is 6.42 Å². The van der Waals surface area contributed by atoms with E-state index in [9.17, 15) is 14.7 Å². The lowest BCUT2D eigenvalue weighted by Crippen LogP contribution is -2.31. The Morgan fingerprint density at radius 2 is 1.91 bits per heavy atom. The van der Waals surface area contributed by atoms with Crippen molar-refractivity contribution < 1.29 is 28.9 Å². The van der Waals surface area contributed by atoms with E-state index in [0.717, 1.165) is 16.2 Å². The van der Waals surface area contributed by atoms with Gasteiger partial charge in [-0.15, -0.1) is 11.3 Å². The van der Waals surface area contributed by atoms with E-state index in [1.54, 1.807) is 39.3 Å². The molecule has 3 aromatic rings. The number of phenols is 1. The molecule has 0 fully saturated rings. The third kappa shape index (κ3) is 4.60. The molecule has 2 heterocycles. The molecular formula is C25H24N2O6S. The fraction of sp³-hybridized carbons (Fsp3) is 0.240. The predicted octanol–water partition coefficient (Wildman–Crippen LogP) is 4.31. The van der Waals surface area contributed by atoms with Crippen LogP contribution >= 0.6 is 11.3 Å². The summed E-state index contributed by atoms with van der Waals surface area (Å²) in [6, 6.07) is 13.7. The highest BCUT2D eigenvalue weighted by molar-refractivity contribution is 7.12. The van der Waals surface area contributed by atoms with Crippen molar-refractivity contribution >= 4 is 28.9 Å². The van der Waals surface area contributed by atoms with Crippen LogP contribution in [0.25, 0.3) is 0 Å². The molecule has 9 heteroatoms. The van der Waals surface area contributed by atoms with E-state index in [4.69, 9.17) is 14.2 Å². The van der Waals surface area contributed by atoms with Crippen molar-refractivity contribution in [2.75, 3.05) is 20.8 Å². The van der Waals surface area contributed by atoms with E-state index in [1.165, 1.54) is 22.4 Å². The number of hydrogen-bond acceptors (Lipinski definition) is 8. The number of rotatable bonds is 7. The molecule has 1 aliphatic rings. The summed E-state index contributed by atoms with van der Waals surface area (Å²) < 4.78 is 16.0. The third-order valence-corrected chi connectivity index (χ3v) is 6.47. The standard InChI is InChI=1S/C25H24N2O6S/c1-15-6-4-7-17(24(15)29)25(30)33-14-23(28)27-19(13-18(26-27)22-8-5-11-34-22)16-9-10-20(31-2)21(12-16)32-3/h4-12,19,29H,13-14H2,1-3H3/t19-/m0/s1. The van der Waals surface area contributed by atoms with Gasteiger partial charge in [-0.1, -0.05) is 24.3 Å². The van der Waals surface area contributed by atoms with E-state index < -0.39 is 24.5 Å². The Kier molecular flexibility index (Phi) is 6.83. The highest BCUT2D eigenvalue weighted by Gasteiger charge is 2.34.